The number of fused-ring (bicyclic) bond motifs is 1. The van der Waals surface area contributed by atoms with Crippen LogP contribution in [-0.2, 0) is 19.4 Å². The van der Waals surface area contributed by atoms with Crippen LogP contribution in [-0.4, -0.2) is 57.7 Å². The van der Waals surface area contributed by atoms with Crippen LogP contribution in [0.2, 0.25) is 0 Å². The van der Waals surface area contributed by atoms with Gasteiger partial charge in [0.15, 0.2) is 9.84 Å². The van der Waals surface area contributed by atoms with Crippen LogP contribution in [0, 0.1) is 0 Å². The lowest BCUT2D eigenvalue weighted by molar-refractivity contribution is -0.117. The molecule has 2 amide bonds. The van der Waals surface area contributed by atoms with E-state index in [0.717, 1.165) is 11.1 Å². The highest BCUT2D eigenvalue weighted by atomic mass is 32.2. The molecule has 1 aliphatic rings. The molecule has 0 unspecified atom stereocenters. The molecule has 0 aromatic heterocycles. The molecule has 9 heteroatoms. The van der Waals surface area contributed by atoms with Gasteiger partial charge in [-0.1, -0.05) is 18.2 Å². The molecule has 0 aliphatic carbocycles. The minimum Gasteiger partial charge on any atom is -0.493 e. The highest BCUT2D eigenvalue weighted by molar-refractivity contribution is 7.90. The summed E-state index contributed by atoms with van der Waals surface area (Å²) in [6.45, 7) is 7.42. The highest BCUT2D eigenvalue weighted by Gasteiger charge is 2.34. The second-order valence-electron chi connectivity index (χ2n) is 8.49. The smallest absolute Gasteiger partial charge is 0.414 e. The fourth-order valence-corrected chi connectivity index (χ4v) is 4.16. The van der Waals surface area contributed by atoms with Crippen molar-refractivity contribution in [2.45, 2.75) is 39.8 Å². The summed E-state index contributed by atoms with van der Waals surface area (Å²) in [5, 5.41) is 0. The number of carbonyl (C=O) groups is 2. The first kappa shape index (κ1) is 24.6. The van der Waals surface area contributed by atoms with E-state index in [2.05, 4.69) is 0 Å². The number of ether oxygens (including phenoxy) is 2. The first-order chi connectivity index (χ1) is 15.5. The van der Waals surface area contributed by atoms with Crippen molar-refractivity contribution in [1.29, 1.82) is 0 Å². The number of sulfone groups is 1. The molecule has 0 fully saturated rings. The average Bonchev–Trinajstić information content (AvgIpc) is 2.71. The van der Waals surface area contributed by atoms with Crippen LogP contribution in [0.15, 0.2) is 42.5 Å². The lowest BCUT2D eigenvalue weighted by atomic mass is 10.0. The molecule has 3 rings (SSSR count). The number of hydrogen-bond acceptors (Lipinski definition) is 6. The van der Waals surface area contributed by atoms with Gasteiger partial charge in [0.05, 0.1) is 29.3 Å². The number of benzene rings is 2. The van der Waals surface area contributed by atoms with Gasteiger partial charge in [-0.3, -0.25) is 9.69 Å². The number of nitrogens with zero attached hydrogens (tertiary/aromatic N) is 2. The van der Waals surface area contributed by atoms with Gasteiger partial charge in [0.2, 0.25) is 5.91 Å². The Balaban J connectivity index is 1.91. The van der Waals surface area contributed by atoms with E-state index in [1.807, 2.05) is 37.3 Å². The summed E-state index contributed by atoms with van der Waals surface area (Å²) >= 11 is 0. The van der Waals surface area contributed by atoms with Gasteiger partial charge in [-0.15, -0.1) is 0 Å². The first-order valence-corrected chi connectivity index (χ1v) is 12.9. The fraction of sp³-hybridized carbons (Fsp3) is 0.417. The Labute approximate surface area is 195 Å². The van der Waals surface area contributed by atoms with Crippen LogP contribution in [0.1, 0.15) is 27.7 Å². The predicted octanol–water partition coefficient (Wildman–Crippen LogP) is 3.88. The van der Waals surface area contributed by atoms with Crippen LogP contribution >= 0.6 is 0 Å². The summed E-state index contributed by atoms with van der Waals surface area (Å²) in [7, 11) is -3.08. The normalized spacial score (nSPS) is 15.9. The van der Waals surface area contributed by atoms with Gasteiger partial charge >= 0.3 is 6.09 Å². The second-order valence-corrected chi connectivity index (χ2v) is 10.7. The maximum atomic E-state index is 12.8. The van der Waals surface area contributed by atoms with Gasteiger partial charge in [0, 0.05) is 19.7 Å². The monoisotopic (exact) mass is 474 g/mol. The SMILES string of the molecule is CC(=O)N1c2ccc(-c3ccc(OCCS(C)(=O)=O)cc3)cc2N(C(=O)OC(C)C)C[C@@H]1C. The molecule has 8 nitrogen and oxygen atoms in total. The van der Waals surface area contributed by atoms with E-state index in [0.29, 0.717) is 23.7 Å². The van der Waals surface area contributed by atoms with Crippen LogP contribution in [0.5, 0.6) is 5.75 Å². The Morgan fingerprint density at radius 3 is 2.27 bits per heavy atom. The Hall–Kier alpha value is -3.07. The summed E-state index contributed by atoms with van der Waals surface area (Å²) in [6, 6.07) is 12.7. The number of amides is 2. The van der Waals surface area contributed by atoms with Gasteiger partial charge in [-0.2, -0.15) is 0 Å². The van der Waals surface area contributed by atoms with Crippen molar-refractivity contribution in [2.24, 2.45) is 0 Å². The summed E-state index contributed by atoms with van der Waals surface area (Å²) in [4.78, 5) is 28.4. The lowest BCUT2D eigenvalue weighted by Crippen LogP contribution is -2.51. The molecule has 1 aliphatic heterocycles. The molecule has 0 spiro atoms. The van der Waals surface area contributed by atoms with Crippen molar-refractivity contribution >= 4 is 33.2 Å². The standard InChI is InChI=1S/C24H30N2O6S/c1-16(2)32-24(28)25-15-17(3)26(18(4)27)22-11-8-20(14-23(22)25)19-6-9-21(10-7-19)31-12-13-33(5,29)30/h6-11,14,16-17H,12-13,15H2,1-5H3/t17-/m0/s1. The van der Waals surface area contributed by atoms with E-state index in [9.17, 15) is 18.0 Å². The maximum absolute atomic E-state index is 12.8. The summed E-state index contributed by atoms with van der Waals surface area (Å²) in [6.07, 6.45) is 0.456. The zero-order valence-corrected chi connectivity index (χ0v) is 20.4. The van der Waals surface area contributed by atoms with E-state index < -0.39 is 15.9 Å². The van der Waals surface area contributed by atoms with Gasteiger partial charge in [-0.25, -0.2) is 13.2 Å². The molecule has 2 aromatic carbocycles. The van der Waals surface area contributed by atoms with Gasteiger partial charge in [0.1, 0.15) is 12.4 Å². The molecule has 0 radical (unpaired) electrons. The molecule has 1 heterocycles. The second kappa shape index (κ2) is 9.82. The summed E-state index contributed by atoms with van der Waals surface area (Å²) < 4.78 is 33.5. The maximum Gasteiger partial charge on any atom is 0.414 e. The van der Waals surface area contributed by atoms with Crippen molar-refractivity contribution in [3.05, 3.63) is 42.5 Å². The molecule has 178 valence electrons. The third kappa shape index (κ3) is 6.04. The molecular formula is C24H30N2O6S. The van der Waals surface area contributed by atoms with Gasteiger partial charge < -0.3 is 14.4 Å². The molecule has 0 bridgehead atoms. The molecule has 1 atom stereocenters. The Bertz CT molecular complexity index is 1130. The third-order valence-corrected chi connectivity index (χ3v) is 6.13. The Kier molecular flexibility index (Phi) is 7.31. The van der Waals surface area contributed by atoms with Crippen LogP contribution < -0.4 is 14.5 Å². The largest absolute Gasteiger partial charge is 0.493 e. The van der Waals surface area contributed by atoms with Gasteiger partial charge in [-0.05, 0) is 56.2 Å². The van der Waals surface area contributed by atoms with E-state index in [-0.39, 0.29) is 30.4 Å². The molecule has 0 saturated carbocycles. The zero-order chi connectivity index (χ0) is 24.3. The topological polar surface area (TPSA) is 93.2 Å². The van der Waals surface area contributed by atoms with E-state index in [4.69, 9.17) is 9.47 Å². The van der Waals surface area contributed by atoms with E-state index in [1.54, 1.807) is 35.8 Å². The zero-order valence-electron chi connectivity index (χ0n) is 19.6. The minimum atomic E-state index is -3.08. The van der Waals surface area contributed by atoms with Crippen molar-refractivity contribution in [3.63, 3.8) is 0 Å². The van der Waals surface area contributed by atoms with E-state index >= 15 is 0 Å². The van der Waals surface area contributed by atoms with Crippen LogP contribution in [0.3, 0.4) is 0 Å². The third-order valence-electron chi connectivity index (χ3n) is 5.22. The lowest BCUT2D eigenvalue weighted by Gasteiger charge is -2.40. The van der Waals surface area contributed by atoms with E-state index in [1.165, 1.54) is 13.2 Å². The molecule has 2 aromatic rings. The fourth-order valence-electron chi connectivity index (χ4n) is 3.78. The van der Waals surface area contributed by atoms with Crippen molar-refractivity contribution in [3.8, 4) is 16.9 Å². The minimum absolute atomic E-state index is 0.0487. The van der Waals surface area contributed by atoms with Crippen LogP contribution in [0.4, 0.5) is 16.2 Å². The number of anilines is 2. The Morgan fingerprint density at radius 2 is 1.70 bits per heavy atom. The Morgan fingerprint density at radius 1 is 1.06 bits per heavy atom. The summed E-state index contributed by atoms with van der Waals surface area (Å²) in [5.41, 5.74) is 3.02. The van der Waals surface area contributed by atoms with Crippen molar-refractivity contribution in [2.75, 3.05) is 35.0 Å². The number of rotatable bonds is 6. The summed E-state index contributed by atoms with van der Waals surface area (Å²) in [5.74, 6) is 0.426. The molecular weight excluding hydrogens is 444 g/mol. The number of hydrogen-bond donors (Lipinski definition) is 0. The first-order valence-electron chi connectivity index (χ1n) is 10.8. The molecule has 0 N–H and O–H groups in total. The predicted molar refractivity (Wildman–Crippen MR) is 129 cm³/mol. The number of carbonyl (C=O) groups excluding carboxylic acids is 2. The average molecular weight is 475 g/mol. The molecule has 0 saturated heterocycles. The molecule has 33 heavy (non-hydrogen) atoms. The van der Waals surface area contributed by atoms with Gasteiger partial charge in [0.25, 0.3) is 0 Å². The quantitative estimate of drug-likeness (QED) is 0.631. The van der Waals surface area contributed by atoms with Crippen LogP contribution in [0.25, 0.3) is 11.1 Å². The van der Waals surface area contributed by atoms with Crippen molar-refractivity contribution in [1.82, 2.24) is 0 Å². The highest BCUT2D eigenvalue weighted by Crippen LogP contribution is 2.39. The van der Waals surface area contributed by atoms with Crippen molar-refractivity contribution < 1.29 is 27.5 Å².